The summed E-state index contributed by atoms with van der Waals surface area (Å²) < 4.78 is 0. The number of nitrogens with one attached hydrogen (secondary N) is 1. The molecule has 0 aliphatic heterocycles. The van der Waals surface area contributed by atoms with E-state index in [2.05, 4.69) is 18.8 Å². The number of aryl methyl sites for hydroxylation is 1. The molecule has 1 aromatic heterocycles. The van der Waals surface area contributed by atoms with E-state index in [4.69, 9.17) is 5.11 Å². The summed E-state index contributed by atoms with van der Waals surface area (Å²) in [7, 11) is 0. The van der Waals surface area contributed by atoms with Gasteiger partial charge >= 0.3 is 5.97 Å². The first kappa shape index (κ1) is 15.3. The van der Waals surface area contributed by atoms with Gasteiger partial charge in [-0.3, -0.25) is 4.79 Å². The lowest BCUT2D eigenvalue weighted by atomic mass is 10.1. The van der Waals surface area contributed by atoms with E-state index >= 15 is 0 Å². The number of carboxylic acids is 1. The van der Waals surface area contributed by atoms with Crippen LogP contribution in [0.15, 0.2) is 0 Å². The van der Waals surface area contributed by atoms with Gasteiger partial charge in [0.05, 0.1) is 5.56 Å². The summed E-state index contributed by atoms with van der Waals surface area (Å²) in [5.74, 6) is -0.760. The Bertz CT molecular complexity index is 489. The highest BCUT2D eigenvalue weighted by Gasteiger charge is 2.24. The van der Waals surface area contributed by atoms with Gasteiger partial charge in [0, 0.05) is 18.8 Å². The minimum Gasteiger partial charge on any atom is -0.477 e. The lowest BCUT2D eigenvalue weighted by molar-refractivity contribution is 0.0690. The molecule has 0 spiro atoms. The second-order valence-electron chi connectivity index (χ2n) is 5.17. The second-order valence-corrected chi connectivity index (χ2v) is 5.17. The Morgan fingerprint density at radius 3 is 2.26 bits per heavy atom. The largest absolute Gasteiger partial charge is 0.477 e. The maximum absolute atomic E-state index is 12.5. The zero-order valence-electron chi connectivity index (χ0n) is 12.2. The van der Waals surface area contributed by atoms with Crippen molar-refractivity contribution >= 4 is 11.9 Å². The van der Waals surface area contributed by atoms with Gasteiger partial charge in [0.15, 0.2) is 0 Å². The number of amides is 1. The number of H-pyrrole nitrogens is 1. The summed E-state index contributed by atoms with van der Waals surface area (Å²) in [6.45, 7) is 10.7. The van der Waals surface area contributed by atoms with E-state index in [1.807, 2.05) is 6.92 Å². The van der Waals surface area contributed by atoms with Crippen molar-refractivity contribution in [2.75, 3.05) is 13.1 Å². The van der Waals surface area contributed by atoms with Gasteiger partial charge in [0.2, 0.25) is 0 Å². The average molecular weight is 266 g/mol. The number of hydrogen-bond donors (Lipinski definition) is 2. The number of aromatic nitrogens is 1. The Balaban J connectivity index is 3.15. The molecule has 106 valence electrons. The molecule has 0 saturated heterocycles. The first-order valence-corrected chi connectivity index (χ1v) is 6.51. The van der Waals surface area contributed by atoms with Crippen molar-refractivity contribution in [2.24, 2.45) is 5.92 Å². The number of carbonyl (C=O) groups excluding carboxylic acids is 1. The molecule has 19 heavy (non-hydrogen) atoms. The van der Waals surface area contributed by atoms with Crippen LogP contribution in [0, 0.1) is 19.8 Å². The van der Waals surface area contributed by atoms with Gasteiger partial charge in [-0.1, -0.05) is 13.8 Å². The van der Waals surface area contributed by atoms with Gasteiger partial charge in [0.1, 0.15) is 5.69 Å². The minimum absolute atomic E-state index is 0.0986. The Morgan fingerprint density at radius 2 is 1.89 bits per heavy atom. The lowest BCUT2D eigenvalue weighted by Crippen LogP contribution is -2.34. The highest BCUT2D eigenvalue weighted by molar-refractivity contribution is 6.00. The number of nitrogens with zero attached hydrogens (tertiary/aromatic N) is 1. The van der Waals surface area contributed by atoms with Gasteiger partial charge in [-0.05, 0) is 32.3 Å². The van der Waals surface area contributed by atoms with Crippen LogP contribution in [0.1, 0.15) is 52.9 Å². The van der Waals surface area contributed by atoms with Crippen LogP contribution >= 0.6 is 0 Å². The standard InChI is InChI=1S/C14H22N2O3/c1-6-16(7-8(2)3)13(17)11-9(4)12(14(18)19)15-10(11)5/h8,15H,6-7H2,1-5H3,(H,18,19). The van der Waals surface area contributed by atoms with Crippen LogP contribution in [0.3, 0.4) is 0 Å². The fourth-order valence-corrected chi connectivity index (χ4v) is 2.24. The monoisotopic (exact) mass is 266 g/mol. The first-order chi connectivity index (χ1) is 8.79. The molecule has 0 atom stereocenters. The molecule has 0 saturated carbocycles. The highest BCUT2D eigenvalue weighted by atomic mass is 16.4. The molecule has 5 nitrogen and oxygen atoms in total. The molecule has 0 aliphatic rings. The van der Waals surface area contributed by atoms with Gasteiger partial charge in [0.25, 0.3) is 5.91 Å². The number of aromatic amines is 1. The predicted octanol–water partition coefficient (Wildman–Crippen LogP) is 2.45. The van der Waals surface area contributed by atoms with Gasteiger partial charge in [-0.2, -0.15) is 0 Å². The zero-order valence-corrected chi connectivity index (χ0v) is 12.2. The highest BCUT2D eigenvalue weighted by Crippen LogP contribution is 2.20. The Kier molecular flexibility index (Phi) is 4.75. The van der Waals surface area contributed by atoms with Crippen molar-refractivity contribution in [3.8, 4) is 0 Å². The second kappa shape index (κ2) is 5.91. The molecule has 0 aromatic carbocycles. The van der Waals surface area contributed by atoms with E-state index in [1.54, 1.807) is 18.7 Å². The zero-order chi connectivity index (χ0) is 14.7. The van der Waals surface area contributed by atoms with Crippen LogP contribution in [-0.4, -0.2) is 40.0 Å². The van der Waals surface area contributed by atoms with E-state index in [0.717, 1.165) is 0 Å². The molecule has 0 aliphatic carbocycles. The van der Waals surface area contributed by atoms with Crippen molar-refractivity contribution in [1.82, 2.24) is 9.88 Å². The van der Waals surface area contributed by atoms with Crippen molar-refractivity contribution in [3.05, 3.63) is 22.5 Å². The third-order valence-corrected chi connectivity index (χ3v) is 3.12. The molecule has 1 amide bonds. The normalized spacial score (nSPS) is 10.8. The van der Waals surface area contributed by atoms with Gasteiger partial charge in [-0.15, -0.1) is 0 Å². The number of carboxylic acid groups (broad SMARTS) is 1. The Labute approximate surface area is 113 Å². The molecule has 0 bridgehead atoms. The third kappa shape index (κ3) is 3.16. The predicted molar refractivity (Wildman–Crippen MR) is 73.6 cm³/mol. The topological polar surface area (TPSA) is 73.4 Å². The van der Waals surface area contributed by atoms with Crippen molar-refractivity contribution in [1.29, 1.82) is 0 Å². The quantitative estimate of drug-likeness (QED) is 0.859. The van der Waals surface area contributed by atoms with E-state index < -0.39 is 5.97 Å². The Hall–Kier alpha value is -1.78. The van der Waals surface area contributed by atoms with Crippen LogP contribution in [0.4, 0.5) is 0 Å². The molecule has 1 aromatic rings. The molecule has 0 radical (unpaired) electrons. The third-order valence-electron chi connectivity index (χ3n) is 3.12. The summed E-state index contributed by atoms with van der Waals surface area (Å²) in [5, 5.41) is 9.07. The Morgan fingerprint density at radius 1 is 1.32 bits per heavy atom. The van der Waals surface area contributed by atoms with Crippen LogP contribution in [0.25, 0.3) is 0 Å². The summed E-state index contributed by atoms with van der Waals surface area (Å²) in [6.07, 6.45) is 0. The fraction of sp³-hybridized carbons (Fsp3) is 0.571. The average Bonchev–Trinajstić information content (AvgIpc) is 2.61. The van der Waals surface area contributed by atoms with Crippen LogP contribution in [0.5, 0.6) is 0 Å². The molecular weight excluding hydrogens is 244 g/mol. The van der Waals surface area contributed by atoms with E-state index in [0.29, 0.717) is 35.8 Å². The van der Waals surface area contributed by atoms with Crippen molar-refractivity contribution in [3.63, 3.8) is 0 Å². The minimum atomic E-state index is -1.04. The summed E-state index contributed by atoms with van der Waals surface area (Å²) in [4.78, 5) is 28.1. The number of rotatable bonds is 5. The molecule has 0 unspecified atom stereocenters. The molecule has 1 heterocycles. The maximum Gasteiger partial charge on any atom is 0.352 e. The fourth-order valence-electron chi connectivity index (χ4n) is 2.24. The van der Waals surface area contributed by atoms with Crippen molar-refractivity contribution in [2.45, 2.75) is 34.6 Å². The number of hydrogen-bond acceptors (Lipinski definition) is 2. The van der Waals surface area contributed by atoms with Gasteiger partial charge in [-0.25, -0.2) is 4.79 Å². The SMILES string of the molecule is CCN(CC(C)C)C(=O)c1c(C)[nH]c(C(=O)O)c1C. The first-order valence-electron chi connectivity index (χ1n) is 6.51. The summed E-state index contributed by atoms with van der Waals surface area (Å²) in [5.41, 5.74) is 1.71. The van der Waals surface area contributed by atoms with E-state index in [9.17, 15) is 9.59 Å². The van der Waals surface area contributed by atoms with E-state index in [1.165, 1.54) is 0 Å². The van der Waals surface area contributed by atoms with Crippen molar-refractivity contribution < 1.29 is 14.7 Å². The van der Waals surface area contributed by atoms with E-state index in [-0.39, 0.29) is 11.6 Å². The molecular formula is C14H22N2O3. The maximum atomic E-state index is 12.5. The summed E-state index contributed by atoms with van der Waals surface area (Å²) >= 11 is 0. The van der Waals surface area contributed by atoms with Gasteiger partial charge < -0.3 is 15.0 Å². The molecule has 5 heteroatoms. The molecule has 0 fully saturated rings. The molecule has 2 N–H and O–H groups in total. The number of carbonyl (C=O) groups is 2. The van der Waals surface area contributed by atoms with Crippen LogP contribution < -0.4 is 0 Å². The van der Waals surface area contributed by atoms with Crippen LogP contribution in [-0.2, 0) is 0 Å². The van der Waals surface area contributed by atoms with Crippen LogP contribution in [0.2, 0.25) is 0 Å². The summed E-state index contributed by atoms with van der Waals surface area (Å²) in [6, 6.07) is 0. The smallest absolute Gasteiger partial charge is 0.352 e. The number of aromatic carboxylic acids is 1. The lowest BCUT2D eigenvalue weighted by Gasteiger charge is -2.23. The molecule has 1 rings (SSSR count).